The fourth-order valence-electron chi connectivity index (χ4n) is 3.29. The minimum absolute atomic E-state index is 0.316. The van der Waals surface area contributed by atoms with Gasteiger partial charge in [-0.2, -0.15) is 13.2 Å². The van der Waals surface area contributed by atoms with Crippen LogP contribution in [0.2, 0.25) is 0 Å². The molecule has 7 heteroatoms. The van der Waals surface area contributed by atoms with Gasteiger partial charge in [0.2, 0.25) is 0 Å². The summed E-state index contributed by atoms with van der Waals surface area (Å²) in [6.07, 6.45) is 12.2. The highest BCUT2D eigenvalue weighted by atomic mass is 19.4. The second kappa shape index (κ2) is 13.5. The largest absolute Gasteiger partial charge is 0.460 e. The summed E-state index contributed by atoms with van der Waals surface area (Å²) in [5, 5.41) is 0. The molecule has 0 aliphatic rings. The molecule has 2 aromatic rings. The Bertz CT molecular complexity index is 956. The van der Waals surface area contributed by atoms with E-state index in [1.54, 1.807) is 19.2 Å². The van der Waals surface area contributed by atoms with Gasteiger partial charge >= 0.3 is 12.1 Å². The molecule has 0 spiro atoms. The molecule has 1 heterocycles. The summed E-state index contributed by atoms with van der Waals surface area (Å²) in [5.74, 6) is -1.47. The third kappa shape index (κ3) is 7.70. The van der Waals surface area contributed by atoms with Crippen LogP contribution in [-0.4, -0.2) is 30.3 Å². The number of halogens is 3. The maximum Gasteiger partial charge on any atom is 0.432 e. The summed E-state index contributed by atoms with van der Waals surface area (Å²) < 4.78 is 51.6. The van der Waals surface area contributed by atoms with Crippen molar-refractivity contribution in [1.82, 2.24) is 4.98 Å². The first-order chi connectivity index (χ1) is 16.3. The average molecular weight is 474 g/mol. The van der Waals surface area contributed by atoms with Gasteiger partial charge < -0.3 is 9.47 Å². The van der Waals surface area contributed by atoms with Crippen molar-refractivity contribution < 1.29 is 27.4 Å². The van der Waals surface area contributed by atoms with Crippen molar-refractivity contribution >= 4 is 5.97 Å². The van der Waals surface area contributed by atoms with Crippen LogP contribution in [0.5, 0.6) is 0 Å². The number of esters is 1. The van der Waals surface area contributed by atoms with E-state index in [0.717, 1.165) is 25.5 Å². The van der Waals surface area contributed by atoms with Gasteiger partial charge in [0, 0.05) is 25.1 Å². The van der Waals surface area contributed by atoms with Crippen LogP contribution < -0.4 is 0 Å². The van der Waals surface area contributed by atoms with E-state index >= 15 is 0 Å². The third-order valence-electron chi connectivity index (χ3n) is 5.12. The topological polar surface area (TPSA) is 48.4 Å². The van der Waals surface area contributed by atoms with Crippen LogP contribution in [0.1, 0.15) is 37.3 Å². The number of benzene rings is 1. The number of rotatable bonds is 12. The molecule has 0 fully saturated rings. The minimum atomic E-state index is -4.97. The van der Waals surface area contributed by atoms with Crippen LogP contribution in [0, 0.1) is 0 Å². The molecule has 182 valence electrons. The van der Waals surface area contributed by atoms with E-state index in [4.69, 9.17) is 9.47 Å². The number of ether oxygens (including phenoxy) is 2. The number of allylic oxidation sites excluding steroid dienone is 6. The summed E-state index contributed by atoms with van der Waals surface area (Å²) in [7, 11) is 0.858. The first-order valence-corrected chi connectivity index (χ1v) is 11.0. The van der Waals surface area contributed by atoms with Crippen LogP contribution in [0.3, 0.4) is 0 Å². The van der Waals surface area contributed by atoms with E-state index in [0.29, 0.717) is 12.8 Å². The Hall–Kier alpha value is -3.19. The summed E-state index contributed by atoms with van der Waals surface area (Å²) in [4.78, 5) is 16.7. The zero-order valence-electron chi connectivity index (χ0n) is 19.4. The van der Waals surface area contributed by atoms with Crippen molar-refractivity contribution in [2.75, 3.05) is 7.11 Å². The van der Waals surface area contributed by atoms with Crippen molar-refractivity contribution in [2.45, 2.75) is 50.5 Å². The van der Waals surface area contributed by atoms with Crippen molar-refractivity contribution in [3.8, 4) is 0 Å². The summed E-state index contributed by atoms with van der Waals surface area (Å²) in [6.45, 7) is 1.57. The maximum absolute atomic E-state index is 13.9. The molecule has 0 saturated carbocycles. The fraction of sp³-hybridized carbons (Fsp3) is 0.333. The molecular weight excluding hydrogens is 443 g/mol. The van der Waals surface area contributed by atoms with Crippen molar-refractivity contribution in [1.29, 1.82) is 0 Å². The molecule has 1 aromatic carbocycles. The summed E-state index contributed by atoms with van der Waals surface area (Å²) in [6, 6.07) is 10.7. The Labute approximate surface area is 198 Å². The molecule has 2 atom stereocenters. The predicted molar refractivity (Wildman–Crippen MR) is 126 cm³/mol. The second-order valence-corrected chi connectivity index (χ2v) is 7.67. The smallest absolute Gasteiger partial charge is 0.432 e. The molecule has 0 amide bonds. The number of hydrogen-bond donors (Lipinski definition) is 0. The second-order valence-electron chi connectivity index (χ2n) is 7.67. The molecule has 1 aromatic heterocycles. The van der Waals surface area contributed by atoms with E-state index in [1.165, 1.54) is 24.3 Å². The molecule has 0 aliphatic heterocycles. The Morgan fingerprint density at radius 1 is 1.03 bits per heavy atom. The van der Waals surface area contributed by atoms with Crippen molar-refractivity contribution in [3.63, 3.8) is 0 Å². The Morgan fingerprint density at radius 3 is 2.41 bits per heavy atom. The van der Waals surface area contributed by atoms with Gasteiger partial charge in [-0.1, -0.05) is 72.9 Å². The lowest BCUT2D eigenvalue weighted by Crippen LogP contribution is -2.52. The van der Waals surface area contributed by atoms with Crippen LogP contribution in [-0.2, 0) is 26.3 Å². The zero-order chi connectivity index (χ0) is 24.9. The molecular formula is C27H30F3NO3. The predicted octanol–water partition coefficient (Wildman–Crippen LogP) is 6.50. The molecule has 34 heavy (non-hydrogen) atoms. The molecule has 0 unspecified atom stereocenters. The number of carbonyl (C=O) groups excluding carboxylic acids is 1. The number of aromatic nitrogens is 1. The monoisotopic (exact) mass is 473 g/mol. The van der Waals surface area contributed by atoms with Crippen molar-refractivity contribution in [2.24, 2.45) is 0 Å². The van der Waals surface area contributed by atoms with E-state index in [-0.39, 0.29) is 5.56 Å². The van der Waals surface area contributed by atoms with Gasteiger partial charge in [0.15, 0.2) is 0 Å². The Kier molecular flexibility index (Phi) is 10.7. The van der Waals surface area contributed by atoms with Crippen LogP contribution in [0.25, 0.3) is 0 Å². The quantitative estimate of drug-likeness (QED) is 0.201. The van der Waals surface area contributed by atoms with Gasteiger partial charge in [-0.15, -0.1) is 0 Å². The first kappa shape index (κ1) is 27.1. The van der Waals surface area contributed by atoms with Gasteiger partial charge in [-0.05, 0) is 44.2 Å². The van der Waals surface area contributed by atoms with E-state index in [9.17, 15) is 18.0 Å². The molecule has 0 N–H and O–H groups in total. The highest BCUT2D eigenvalue weighted by Gasteiger charge is 2.64. The van der Waals surface area contributed by atoms with Gasteiger partial charge in [0.25, 0.3) is 5.60 Å². The van der Waals surface area contributed by atoms with Crippen LogP contribution in [0.15, 0.2) is 91.3 Å². The third-order valence-corrected chi connectivity index (χ3v) is 5.12. The number of alkyl halides is 3. The van der Waals surface area contributed by atoms with E-state index < -0.39 is 23.9 Å². The van der Waals surface area contributed by atoms with Gasteiger partial charge in [0.05, 0.1) is 6.10 Å². The van der Waals surface area contributed by atoms with Crippen LogP contribution >= 0.6 is 0 Å². The molecule has 4 nitrogen and oxygen atoms in total. The van der Waals surface area contributed by atoms with Gasteiger partial charge in [-0.25, -0.2) is 4.79 Å². The maximum atomic E-state index is 13.9. The number of nitrogens with zero attached hydrogens (tertiary/aromatic N) is 1. The average Bonchev–Trinajstić information content (AvgIpc) is 2.81. The molecule has 0 saturated heterocycles. The molecule has 0 aliphatic carbocycles. The van der Waals surface area contributed by atoms with E-state index in [1.807, 2.05) is 54.8 Å². The number of carbonyl (C=O) groups is 1. The SMILES string of the molecule is CO[C@](C(=O)O[C@@H](C)CC/C=C/C/C=C/C=C/Cc1cccnc1)(c1ccccc1)C(F)(F)F. The lowest BCUT2D eigenvalue weighted by atomic mass is 9.92. The van der Waals surface area contributed by atoms with E-state index in [2.05, 4.69) is 4.98 Å². The normalized spacial score (nSPS) is 15.1. The lowest BCUT2D eigenvalue weighted by Gasteiger charge is -2.33. The standard InChI is InChI=1S/C27H30F3NO3/c1-22(15-10-7-5-3-4-6-8-11-16-23-17-14-20-31-21-23)34-25(32)26(33-2,27(28,29)30)24-18-12-9-13-19-24/h4-9,11-14,17-22H,3,10,15-16H2,1-2H3/b6-4+,7-5+,11-8+/t22-,26-/m0/s1. The lowest BCUT2D eigenvalue weighted by molar-refractivity contribution is -0.278. The summed E-state index contributed by atoms with van der Waals surface area (Å²) >= 11 is 0. The first-order valence-electron chi connectivity index (χ1n) is 11.0. The number of methoxy groups -OCH3 is 1. The minimum Gasteiger partial charge on any atom is -0.460 e. The number of pyridine rings is 1. The highest BCUT2D eigenvalue weighted by Crippen LogP contribution is 2.43. The Balaban J connectivity index is 1.79. The molecule has 0 bridgehead atoms. The zero-order valence-corrected chi connectivity index (χ0v) is 19.4. The molecule has 2 rings (SSSR count). The highest BCUT2D eigenvalue weighted by molar-refractivity contribution is 5.82. The van der Waals surface area contributed by atoms with Crippen LogP contribution in [0.4, 0.5) is 13.2 Å². The summed E-state index contributed by atoms with van der Waals surface area (Å²) in [5.41, 5.74) is -2.33. The van der Waals surface area contributed by atoms with Gasteiger partial charge in [0.1, 0.15) is 0 Å². The fourth-order valence-corrected chi connectivity index (χ4v) is 3.29. The Morgan fingerprint density at radius 2 is 1.76 bits per heavy atom. The number of hydrogen-bond acceptors (Lipinski definition) is 4. The molecule has 0 radical (unpaired) electrons. The van der Waals surface area contributed by atoms with Gasteiger partial charge in [-0.3, -0.25) is 4.98 Å². The van der Waals surface area contributed by atoms with Crippen molar-refractivity contribution in [3.05, 3.63) is 102 Å².